The number of aryl methyl sites for hydroxylation is 1. The third-order valence-corrected chi connectivity index (χ3v) is 3.33. The lowest BCUT2D eigenvalue weighted by Crippen LogP contribution is -2.21. The Morgan fingerprint density at radius 3 is 2.86 bits per heavy atom. The van der Waals surface area contributed by atoms with Crippen LogP contribution in [0.5, 0.6) is 0 Å². The highest BCUT2D eigenvalue weighted by molar-refractivity contribution is 5.17. The first kappa shape index (κ1) is 15.8. The summed E-state index contributed by atoms with van der Waals surface area (Å²) in [5, 5.41) is 7.63. The van der Waals surface area contributed by atoms with Gasteiger partial charge in [-0.2, -0.15) is 5.10 Å². The first-order chi connectivity index (χ1) is 10.0. The van der Waals surface area contributed by atoms with Crippen molar-refractivity contribution in [2.24, 2.45) is 13.0 Å². The van der Waals surface area contributed by atoms with Crippen molar-refractivity contribution in [2.75, 3.05) is 13.6 Å². The van der Waals surface area contributed by atoms with Gasteiger partial charge in [-0.05, 0) is 25.6 Å². The van der Waals surface area contributed by atoms with Gasteiger partial charge in [0.15, 0.2) is 0 Å². The molecule has 0 spiro atoms. The van der Waals surface area contributed by atoms with Crippen LogP contribution in [0.25, 0.3) is 0 Å². The first-order valence-corrected chi connectivity index (χ1v) is 7.46. The van der Waals surface area contributed by atoms with E-state index in [2.05, 4.69) is 48.5 Å². The molecule has 0 amide bonds. The van der Waals surface area contributed by atoms with Gasteiger partial charge in [0.05, 0.1) is 19.0 Å². The molecule has 0 fully saturated rings. The molecule has 0 aliphatic carbocycles. The van der Waals surface area contributed by atoms with E-state index >= 15 is 0 Å². The van der Waals surface area contributed by atoms with Crippen LogP contribution in [-0.4, -0.2) is 28.3 Å². The Morgan fingerprint density at radius 2 is 2.19 bits per heavy atom. The van der Waals surface area contributed by atoms with E-state index < -0.39 is 0 Å². The minimum absolute atomic E-state index is 0.650. The number of hydrogen-bond acceptors (Lipinski definition) is 4. The van der Waals surface area contributed by atoms with Crippen LogP contribution in [0.2, 0.25) is 0 Å². The first-order valence-electron chi connectivity index (χ1n) is 7.46. The molecule has 0 unspecified atom stereocenters. The lowest BCUT2D eigenvalue weighted by atomic mass is 10.2. The molecule has 0 saturated heterocycles. The van der Waals surface area contributed by atoms with Crippen molar-refractivity contribution >= 4 is 0 Å². The van der Waals surface area contributed by atoms with Gasteiger partial charge >= 0.3 is 0 Å². The van der Waals surface area contributed by atoms with Gasteiger partial charge in [-0.3, -0.25) is 9.58 Å². The van der Waals surface area contributed by atoms with E-state index in [0.29, 0.717) is 5.92 Å². The average Bonchev–Trinajstić information content (AvgIpc) is 2.99. The van der Waals surface area contributed by atoms with E-state index in [0.717, 1.165) is 31.9 Å². The van der Waals surface area contributed by atoms with Gasteiger partial charge in [0.25, 0.3) is 0 Å². The molecule has 0 saturated carbocycles. The molecule has 21 heavy (non-hydrogen) atoms. The summed E-state index contributed by atoms with van der Waals surface area (Å²) in [5.41, 5.74) is 2.47. The quantitative estimate of drug-likeness (QED) is 0.811. The molecule has 0 atom stereocenters. The molecule has 0 bridgehead atoms. The van der Waals surface area contributed by atoms with E-state index in [9.17, 15) is 0 Å². The van der Waals surface area contributed by atoms with Gasteiger partial charge in [-0.25, -0.2) is 0 Å². The van der Waals surface area contributed by atoms with Crippen molar-refractivity contribution in [1.82, 2.24) is 20.0 Å². The summed E-state index contributed by atoms with van der Waals surface area (Å²) in [6, 6.07) is 2.06. The molecule has 5 nitrogen and oxygen atoms in total. The standard InChI is InChI=1S/C16H26N4O/c1-13(2)7-17-9-16-15(5-6-21-16)12-19(3)10-14-8-18-20(4)11-14/h5-6,8,11,13,17H,7,9-10,12H2,1-4H3. The smallest absolute Gasteiger partial charge is 0.122 e. The van der Waals surface area contributed by atoms with Gasteiger partial charge in [-0.1, -0.05) is 13.8 Å². The van der Waals surface area contributed by atoms with Crippen LogP contribution in [0.3, 0.4) is 0 Å². The summed E-state index contributed by atoms with van der Waals surface area (Å²) in [6.07, 6.45) is 5.74. The van der Waals surface area contributed by atoms with Crippen molar-refractivity contribution in [1.29, 1.82) is 0 Å². The zero-order valence-electron chi connectivity index (χ0n) is 13.5. The van der Waals surface area contributed by atoms with E-state index in [-0.39, 0.29) is 0 Å². The van der Waals surface area contributed by atoms with Crippen molar-refractivity contribution in [3.8, 4) is 0 Å². The van der Waals surface area contributed by atoms with Gasteiger partial charge in [0.2, 0.25) is 0 Å². The lowest BCUT2D eigenvalue weighted by molar-refractivity contribution is 0.314. The van der Waals surface area contributed by atoms with E-state index in [1.807, 2.05) is 17.9 Å². The third-order valence-electron chi connectivity index (χ3n) is 3.33. The van der Waals surface area contributed by atoms with Crippen molar-refractivity contribution < 1.29 is 4.42 Å². The molecule has 2 rings (SSSR count). The van der Waals surface area contributed by atoms with Crippen LogP contribution < -0.4 is 5.32 Å². The maximum atomic E-state index is 5.60. The fourth-order valence-electron chi connectivity index (χ4n) is 2.35. The molecule has 0 aliphatic heterocycles. The fraction of sp³-hybridized carbons (Fsp3) is 0.562. The Labute approximate surface area is 126 Å². The van der Waals surface area contributed by atoms with Crippen molar-refractivity contribution in [3.63, 3.8) is 0 Å². The molecule has 2 aromatic rings. The fourth-order valence-corrected chi connectivity index (χ4v) is 2.35. The average molecular weight is 290 g/mol. The van der Waals surface area contributed by atoms with E-state index in [1.54, 1.807) is 6.26 Å². The van der Waals surface area contributed by atoms with Crippen LogP contribution in [0.15, 0.2) is 29.1 Å². The Hall–Kier alpha value is -1.59. The van der Waals surface area contributed by atoms with E-state index in [4.69, 9.17) is 4.42 Å². The van der Waals surface area contributed by atoms with Crippen LogP contribution >= 0.6 is 0 Å². The number of nitrogens with one attached hydrogen (secondary N) is 1. The highest BCUT2D eigenvalue weighted by Crippen LogP contribution is 2.14. The number of rotatable bonds is 8. The zero-order valence-corrected chi connectivity index (χ0v) is 13.5. The summed E-state index contributed by atoms with van der Waals surface area (Å²) in [7, 11) is 4.06. The van der Waals surface area contributed by atoms with Gasteiger partial charge < -0.3 is 9.73 Å². The highest BCUT2D eigenvalue weighted by atomic mass is 16.3. The molecule has 0 aliphatic rings. The number of hydrogen-bond donors (Lipinski definition) is 1. The predicted molar refractivity (Wildman–Crippen MR) is 83.6 cm³/mol. The van der Waals surface area contributed by atoms with E-state index in [1.165, 1.54) is 11.1 Å². The molecular weight excluding hydrogens is 264 g/mol. The zero-order chi connectivity index (χ0) is 15.2. The number of aromatic nitrogens is 2. The minimum Gasteiger partial charge on any atom is -0.468 e. The minimum atomic E-state index is 0.650. The van der Waals surface area contributed by atoms with Gasteiger partial charge in [-0.15, -0.1) is 0 Å². The maximum Gasteiger partial charge on any atom is 0.122 e. The molecular formula is C16H26N4O. The summed E-state index contributed by atoms with van der Waals surface area (Å²) >= 11 is 0. The largest absolute Gasteiger partial charge is 0.468 e. The Bertz CT molecular complexity index is 544. The summed E-state index contributed by atoms with van der Waals surface area (Å²) in [4.78, 5) is 2.27. The molecule has 116 valence electrons. The topological polar surface area (TPSA) is 46.2 Å². The molecule has 0 radical (unpaired) electrons. The Balaban J connectivity index is 1.86. The summed E-state index contributed by atoms with van der Waals surface area (Å²) in [5.74, 6) is 1.69. The predicted octanol–water partition coefficient (Wildman–Crippen LogP) is 2.39. The Kier molecular flexibility index (Phi) is 5.59. The van der Waals surface area contributed by atoms with Crippen LogP contribution in [0.1, 0.15) is 30.7 Å². The van der Waals surface area contributed by atoms with Crippen LogP contribution in [0, 0.1) is 5.92 Å². The normalized spacial score (nSPS) is 11.7. The Morgan fingerprint density at radius 1 is 1.38 bits per heavy atom. The molecule has 5 heteroatoms. The SMILES string of the molecule is CC(C)CNCc1occc1CN(C)Cc1cnn(C)c1. The second-order valence-electron chi connectivity index (χ2n) is 6.09. The third kappa shape index (κ3) is 5.02. The van der Waals surface area contributed by atoms with Gasteiger partial charge in [0.1, 0.15) is 5.76 Å². The second kappa shape index (κ2) is 7.43. The summed E-state index contributed by atoms with van der Waals surface area (Å²) in [6.45, 7) is 7.98. The highest BCUT2D eigenvalue weighted by Gasteiger charge is 2.10. The molecule has 1 N–H and O–H groups in total. The molecule has 0 aromatic carbocycles. The van der Waals surface area contributed by atoms with Gasteiger partial charge in [0, 0.05) is 37.5 Å². The number of nitrogens with zero attached hydrogens (tertiary/aromatic N) is 3. The van der Waals surface area contributed by atoms with Crippen molar-refractivity contribution in [2.45, 2.75) is 33.5 Å². The molecule has 2 aromatic heterocycles. The summed E-state index contributed by atoms with van der Waals surface area (Å²) < 4.78 is 7.43. The van der Waals surface area contributed by atoms with Crippen LogP contribution in [-0.2, 0) is 26.7 Å². The number of furan rings is 1. The molecule has 2 heterocycles. The second-order valence-corrected chi connectivity index (χ2v) is 6.09. The maximum absolute atomic E-state index is 5.60. The lowest BCUT2D eigenvalue weighted by Gasteiger charge is -2.15. The van der Waals surface area contributed by atoms with Crippen molar-refractivity contribution in [3.05, 3.63) is 41.6 Å². The monoisotopic (exact) mass is 290 g/mol. The van der Waals surface area contributed by atoms with Crippen LogP contribution in [0.4, 0.5) is 0 Å².